The number of rotatable bonds is 6. The van der Waals surface area contributed by atoms with Gasteiger partial charge in [0.2, 0.25) is 5.91 Å². The van der Waals surface area contributed by atoms with E-state index in [1.165, 1.54) is 18.9 Å². The number of β-lactam (4-membered cyclic amide) rings is 1. The molecule has 0 bridgehead atoms. The highest BCUT2D eigenvalue weighted by molar-refractivity contribution is 8.00. The monoisotopic (exact) mass is 343 g/mol. The number of nitrogens with zero attached hydrogens (tertiary/aromatic N) is 2. The summed E-state index contributed by atoms with van der Waals surface area (Å²) >= 11 is 2.48. The van der Waals surface area contributed by atoms with Crippen LogP contribution in [0, 0.1) is 11.3 Å². The Morgan fingerprint density at radius 3 is 2.95 bits per heavy atom. The molecule has 2 aliphatic rings. The summed E-state index contributed by atoms with van der Waals surface area (Å²) in [4.78, 5) is 36.3. The minimum Gasteiger partial charge on any atom is -0.498 e. The first-order chi connectivity index (χ1) is 10.5. The van der Waals surface area contributed by atoms with Crippen LogP contribution in [0.5, 0.6) is 0 Å². The Labute approximate surface area is 134 Å². The SMILES string of the molecule is COC1=C(C(=O)O)N2C(=O)C(NC(=O)CSCC#N)[C@H]2SC1. The smallest absolute Gasteiger partial charge is 0.356 e. The molecule has 0 aliphatic carbocycles. The second-order valence-corrected chi connectivity index (χ2v) is 6.48. The van der Waals surface area contributed by atoms with Crippen molar-refractivity contribution in [1.82, 2.24) is 10.2 Å². The van der Waals surface area contributed by atoms with Gasteiger partial charge in [-0.1, -0.05) is 0 Å². The fourth-order valence-corrected chi connectivity index (χ4v) is 3.93. The van der Waals surface area contributed by atoms with Crippen LogP contribution in [0.2, 0.25) is 0 Å². The lowest BCUT2D eigenvalue weighted by Gasteiger charge is -2.48. The Balaban J connectivity index is 2.03. The quantitative estimate of drug-likeness (QED) is 0.493. The van der Waals surface area contributed by atoms with E-state index >= 15 is 0 Å². The van der Waals surface area contributed by atoms with E-state index in [-0.39, 0.29) is 28.9 Å². The van der Waals surface area contributed by atoms with Crippen molar-refractivity contribution in [3.05, 3.63) is 11.5 Å². The predicted molar refractivity (Wildman–Crippen MR) is 79.6 cm³/mol. The number of thioether (sulfide) groups is 2. The van der Waals surface area contributed by atoms with Gasteiger partial charge in [0.05, 0.1) is 30.4 Å². The van der Waals surface area contributed by atoms with E-state index in [0.29, 0.717) is 5.75 Å². The third kappa shape index (κ3) is 3.00. The summed E-state index contributed by atoms with van der Waals surface area (Å²) in [7, 11) is 1.36. The van der Waals surface area contributed by atoms with Gasteiger partial charge in [0.15, 0.2) is 5.70 Å². The molecule has 0 radical (unpaired) electrons. The molecule has 2 heterocycles. The number of methoxy groups -OCH3 is 1. The lowest BCUT2D eigenvalue weighted by atomic mass is 10.0. The number of ether oxygens (including phenoxy) is 1. The van der Waals surface area contributed by atoms with Crippen LogP contribution in [0.15, 0.2) is 11.5 Å². The van der Waals surface area contributed by atoms with Crippen molar-refractivity contribution in [1.29, 1.82) is 5.26 Å². The van der Waals surface area contributed by atoms with Crippen LogP contribution in [-0.2, 0) is 19.1 Å². The summed E-state index contributed by atoms with van der Waals surface area (Å²) in [5, 5.41) is 19.8. The number of hydrogen-bond donors (Lipinski definition) is 2. The van der Waals surface area contributed by atoms with Crippen molar-refractivity contribution in [3.8, 4) is 6.07 Å². The normalized spacial score (nSPS) is 23.3. The summed E-state index contributed by atoms with van der Waals surface area (Å²) in [5.41, 5.74) is -0.166. The third-order valence-corrected chi connectivity index (χ3v) is 5.15. The fraction of sp³-hybridized carbons (Fsp3) is 0.500. The largest absolute Gasteiger partial charge is 0.498 e. The highest BCUT2D eigenvalue weighted by Gasteiger charge is 2.54. The Bertz CT molecular complexity index is 586. The van der Waals surface area contributed by atoms with Gasteiger partial charge in [-0.25, -0.2) is 4.79 Å². The summed E-state index contributed by atoms with van der Waals surface area (Å²) in [6, 6.07) is 1.16. The van der Waals surface area contributed by atoms with Gasteiger partial charge in [-0.05, 0) is 0 Å². The lowest BCUT2D eigenvalue weighted by molar-refractivity contribution is -0.151. The number of hydrogen-bond acceptors (Lipinski definition) is 7. The number of carbonyl (C=O) groups is 3. The van der Waals surface area contributed by atoms with Crippen LogP contribution in [0.1, 0.15) is 0 Å². The van der Waals surface area contributed by atoms with Gasteiger partial charge in [0, 0.05) is 0 Å². The molecule has 8 nitrogen and oxygen atoms in total. The summed E-state index contributed by atoms with van der Waals surface area (Å²) in [6.07, 6.45) is 0. The van der Waals surface area contributed by atoms with E-state index in [0.717, 1.165) is 16.7 Å². The minimum absolute atomic E-state index is 0.0830. The molecule has 0 aromatic heterocycles. The van der Waals surface area contributed by atoms with E-state index < -0.39 is 23.3 Å². The Morgan fingerprint density at radius 2 is 2.36 bits per heavy atom. The average Bonchev–Trinajstić information content (AvgIpc) is 2.51. The molecule has 2 amide bonds. The first-order valence-corrected chi connectivity index (χ1v) is 8.40. The summed E-state index contributed by atoms with van der Waals surface area (Å²) in [5.74, 6) is -1.22. The van der Waals surface area contributed by atoms with Crippen LogP contribution >= 0.6 is 23.5 Å². The third-order valence-electron chi connectivity index (χ3n) is 3.10. The molecule has 0 spiro atoms. The number of nitriles is 1. The number of carboxylic acid groups (broad SMARTS) is 1. The van der Waals surface area contributed by atoms with Crippen molar-refractivity contribution >= 4 is 41.3 Å². The van der Waals surface area contributed by atoms with E-state index in [1.54, 1.807) is 0 Å². The Morgan fingerprint density at radius 1 is 1.64 bits per heavy atom. The second kappa shape index (κ2) is 6.93. The molecule has 2 atom stereocenters. The molecule has 0 aromatic carbocycles. The van der Waals surface area contributed by atoms with Gasteiger partial charge in [0.25, 0.3) is 5.91 Å². The van der Waals surface area contributed by atoms with Gasteiger partial charge in [-0.3, -0.25) is 14.5 Å². The lowest BCUT2D eigenvalue weighted by Crippen LogP contribution is -2.70. The van der Waals surface area contributed by atoms with Crippen LogP contribution < -0.4 is 5.32 Å². The minimum atomic E-state index is -1.23. The maximum Gasteiger partial charge on any atom is 0.356 e. The molecular weight excluding hydrogens is 330 g/mol. The van der Waals surface area contributed by atoms with Crippen molar-refractivity contribution in [2.75, 3.05) is 24.4 Å². The predicted octanol–water partition coefficient (Wildman–Crippen LogP) is -0.414. The fourth-order valence-electron chi connectivity index (χ4n) is 2.15. The van der Waals surface area contributed by atoms with Gasteiger partial charge < -0.3 is 15.2 Å². The van der Waals surface area contributed by atoms with E-state index in [1.807, 2.05) is 6.07 Å². The first-order valence-electron chi connectivity index (χ1n) is 6.20. The zero-order chi connectivity index (χ0) is 16.3. The molecule has 22 heavy (non-hydrogen) atoms. The maximum atomic E-state index is 12.1. The van der Waals surface area contributed by atoms with Crippen molar-refractivity contribution in [2.24, 2.45) is 0 Å². The number of amides is 2. The van der Waals surface area contributed by atoms with Crippen LogP contribution in [0.25, 0.3) is 0 Å². The van der Waals surface area contributed by atoms with Crippen molar-refractivity contribution < 1.29 is 24.2 Å². The molecular formula is C12H13N3O5S2. The second-order valence-electron chi connectivity index (χ2n) is 4.39. The molecule has 2 N–H and O–H groups in total. The molecule has 2 rings (SSSR count). The zero-order valence-corrected chi connectivity index (χ0v) is 13.2. The van der Waals surface area contributed by atoms with Gasteiger partial charge >= 0.3 is 5.97 Å². The molecule has 2 aliphatic heterocycles. The average molecular weight is 343 g/mol. The van der Waals surface area contributed by atoms with Crippen LogP contribution in [-0.4, -0.2) is 63.6 Å². The number of carbonyl (C=O) groups excluding carboxylic acids is 2. The van der Waals surface area contributed by atoms with Crippen molar-refractivity contribution in [3.63, 3.8) is 0 Å². The van der Waals surface area contributed by atoms with E-state index in [9.17, 15) is 19.5 Å². The van der Waals surface area contributed by atoms with Gasteiger partial charge in [-0.2, -0.15) is 5.26 Å². The topological polar surface area (TPSA) is 120 Å². The number of nitrogens with one attached hydrogen (secondary N) is 1. The molecule has 118 valence electrons. The zero-order valence-electron chi connectivity index (χ0n) is 11.6. The first kappa shape index (κ1) is 16.5. The molecule has 1 unspecified atom stereocenters. The molecule has 1 saturated heterocycles. The van der Waals surface area contributed by atoms with Gasteiger partial charge in [-0.15, -0.1) is 23.5 Å². The summed E-state index contributed by atoms with van der Waals surface area (Å²) < 4.78 is 5.01. The van der Waals surface area contributed by atoms with Crippen LogP contribution in [0.4, 0.5) is 0 Å². The van der Waals surface area contributed by atoms with E-state index in [4.69, 9.17) is 10.00 Å². The molecule has 1 fully saturated rings. The standard InChI is InChI=1S/C12H13N3O5S2/c1-20-6-4-22-11-8(14-7(16)5-21-3-2-13)10(17)15(11)9(6)12(18)19/h8,11H,3-5H2,1H3,(H,14,16)(H,18,19)/t8?,11-/m1/s1. The number of fused-ring (bicyclic) bond motifs is 1. The highest BCUT2D eigenvalue weighted by atomic mass is 32.2. The van der Waals surface area contributed by atoms with Gasteiger partial charge in [0.1, 0.15) is 17.2 Å². The molecule has 10 heteroatoms. The number of carboxylic acids is 1. The Kier molecular flexibility index (Phi) is 5.20. The number of aliphatic carboxylic acids is 1. The highest BCUT2D eigenvalue weighted by Crippen LogP contribution is 2.40. The Hall–Kier alpha value is -1.86. The molecule has 0 saturated carbocycles. The summed E-state index contributed by atoms with van der Waals surface area (Å²) in [6.45, 7) is 0. The maximum absolute atomic E-state index is 12.1. The van der Waals surface area contributed by atoms with Crippen LogP contribution in [0.3, 0.4) is 0 Å². The van der Waals surface area contributed by atoms with E-state index in [2.05, 4.69) is 5.32 Å². The van der Waals surface area contributed by atoms with Crippen molar-refractivity contribution in [2.45, 2.75) is 11.4 Å². The molecule has 0 aromatic rings.